The van der Waals surface area contributed by atoms with Crippen molar-refractivity contribution in [2.45, 2.75) is 87.2 Å². The molecule has 47 heavy (non-hydrogen) atoms. The van der Waals surface area contributed by atoms with Crippen molar-refractivity contribution < 1.29 is 13.2 Å². The molecule has 3 aliphatic heterocycles. The van der Waals surface area contributed by atoms with Crippen molar-refractivity contribution in [3.63, 3.8) is 0 Å². The number of imidazole rings is 1. The van der Waals surface area contributed by atoms with Crippen molar-refractivity contribution in [3.05, 3.63) is 93.2 Å². The van der Waals surface area contributed by atoms with Crippen molar-refractivity contribution >= 4 is 50.2 Å². The van der Waals surface area contributed by atoms with E-state index in [-0.39, 0.29) is 31.8 Å². The van der Waals surface area contributed by atoms with Gasteiger partial charge in [-0.3, -0.25) is 9.69 Å². The van der Waals surface area contributed by atoms with Gasteiger partial charge >= 0.3 is 0 Å². The standard InChI is InChI=1S/C36H41Cl2N5O3S/c1-23-6-5-7-25(18-23)36(12-15-41(16-13-36)35(44)29-21-34(47(39,45)46)31(38)22-30(29)37)14-17-42-26-10-11-27(42)20-28(19-26)43-24(2)40-32-8-3-4-9-33(32)43/h3-9,18,21-22,26-28H,10-17,19-20H2,1-2H3,(H2,39,45,46)/t26-,27+,28?. The molecule has 3 aromatic carbocycles. The maximum absolute atomic E-state index is 13.7. The van der Waals surface area contributed by atoms with Crippen molar-refractivity contribution in [3.8, 4) is 0 Å². The number of fused-ring (bicyclic) bond motifs is 3. The fraction of sp³-hybridized carbons (Fsp3) is 0.444. The Morgan fingerprint density at radius 1 is 0.936 bits per heavy atom. The molecule has 0 radical (unpaired) electrons. The van der Waals surface area contributed by atoms with E-state index in [0.29, 0.717) is 31.2 Å². The van der Waals surface area contributed by atoms with Crippen molar-refractivity contribution in [2.75, 3.05) is 19.6 Å². The predicted octanol–water partition coefficient (Wildman–Crippen LogP) is 7.04. The number of aromatic nitrogens is 2. The van der Waals surface area contributed by atoms with Crippen molar-refractivity contribution in [1.29, 1.82) is 0 Å². The van der Waals surface area contributed by atoms with Crippen LogP contribution >= 0.6 is 23.2 Å². The Morgan fingerprint density at radius 2 is 1.64 bits per heavy atom. The predicted molar refractivity (Wildman–Crippen MR) is 187 cm³/mol. The molecule has 7 rings (SSSR count). The van der Waals surface area contributed by atoms with Gasteiger partial charge in [-0.05, 0) is 101 Å². The summed E-state index contributed by atoms with van der Waals surface area (Å²) in [4.78, 5) is 22.8. The number of hydrogen-bond donors (Lipinski definition) is 1. The van der Waals surface area contributed by atoms with Crippen molar-refractivity contribution in [1.82, 2.24) is 19.4 Å². The number of likely N-dealkylation sites (tertiary alicyclic amines) is 1. The SMILES string of the molecule is Cc1cccc(C2(CCN3[C@@H]4CC[C@H]3CC(n3c(C)nc5ccccc53)C4)CCN(C(=O)c3cc(S(N)(=O)=O)c(Cl)cc3Cl)CC2)c1. The number of hydrogen-bond acceptors (Lipinski definition) is 5. The van der Waals surface area contributed by atoms with Gasteiger partial charge in [-0.15, -0.1) is 0 Å². The van der Waals surface area contributed by atoms with Crippen LogP contribution in [0.4, 0.5) is 0 Å². The van der Waals surface area contributed by atoms with Crippen LogP contribution in [0.2, 0.25) is 10.0 Å². The zero-order valence-corrected chi connectivity index (χ0v) is 29.2. The summed E-state index contributed by atoms with van der Waals surface area (Å²) in [5.41, 5.74) is 4.90. The van der Waals surface area contributed by atoms with Gasteiger partial charge in [0.25, 0.3) is 5.91 Å². The van der Waals surface area contributed by atoms with Crippen LogP contribution in [-0.2, 0) is 15.4 Å². The number of sulfonamides is 1. The zero-order valence-electron chi connectivity index (χ0n) is 26.8. The van der Waals surface area contributed by atoms with Crippen LogP contribution in [-0.4, -0.2) is 65.4 Å². The van der Waals surface area contributed by atoms with E-state index in [2.05, 4.69) is 71.8 Å². The normalized spacial score (nSPS) is 23.0. The Hall–Kier alpha value is -2.95. The van der Waals surface area contributed by atoms with Crippen LogP contribution < -0.4 is 5.14 Å². The Morgan fingerprint density at radius 3 is 2.32 bits per heavy atom. The van der Waals surface area contributed by atoms with E-state index in [0.717, 1.165) is 50.0 Å². The van der Waals surface area contributed by atoms with Crippen LogP contribution in [0.1, 0.15) is 78.3 Å². The van der Waals surface area contributed by atoms with Gasteiger partial charge in [0, 0.05) is 31.2 Å². The van der Waals surface area contributed by atoms with E-state index >= 15 is 0 Å². The molecule has 248 valence electrons. The maximum Gasteiger partial charge on any atom is 0.255 e. The van der Waals surface area contributed by atoms with E-state index in [1.54, 1.807) is 4.90 Å². The minimum atomic E-state index is -4.12. The molecule has 3 aliphatic rings. The van der Waals surface area contributed by atoms with E-state index in [1.807, 2.05) is 0 Å². The average Bonchev–Trinajstić information content (AvgIpc) is 3.49. The van der Waals surface area contributed by atoms with Crippen molar-refractivity contribution in [2.24, 2.45) is 5.14 Å². The first-order valence-electron chi connectivity index (χ1n) is 16.5. The van der Waals surface area contributed by atoms with Crippen LogP contribution in [0, 0.1) is 13.8 Å². The molecule has 3 atom stereocenters. The molecule has 11 heteroatoms. The summed E-state index contributed by atoms with van der Waals surface area (Å²) in [7, 11) is -4.12. The Kier molecular flexibility index (Phi) is 8.66. The molecule has 1 aromatic heterocycles. The lowest BCUT2D eigenvalue weighted by Crippen LogP contribution is -2.49. The minimum absolute atomic E-state index is 0.0776. The molecule has 3 fully saturated rings. The molecule has 4 heterocycles. The summed E-state index contributed by atoms with van der Waals surface area (Å²) >= 11 is 12.5. The van der Waals surface area contributed by atoms with Gasteiger partial charge < -0.3 is 9.47 Å². The van der Waals surface area contributed by atoms with E-state index < -0.39 is 10.0 Å². The summed E-state index contributed by atoms with van der Waals surface area (Å²) in [6.45, 7) is 6.37. The number of amides is 1. The molecular formula is C36H41Cl2N5O3S. The Bertz CT molecular complexity index is 1940. The number of benzene rings is 3. The average molecular weight is 695 g/mol. The lowest BCUT2D eigenvalue weighted by molar-refractivity contribution is 0.0607. The summed E-state index contributed by atoms with van der Waals surface area (Å²) in [6.07, 6.45) is 7.37. The van der Waals surface area contributed by atoms with E-state index in [9.17, 15) is 13.2 Å². The molecule has 2 N–H and O–H groups in total. The third-order valence-electron chi connectivity index (χ3n) is 11.0. The third-order valence-corrected chi connectivity index (χ3v) is 12.7. The molecule has 2 bridgehead atoms. The van der Waals surface area contributed by atoms with Crippen LogP contribution in [0.15, 0.2) is 65.6 Å². The van der Waals surface area contributed by atoms with Gasteiger partial charge in [0.2, 0.25) is 10.0 Å². The molecule has 0 spiro atoms. The summed E-state index contributed by atoms with van der Waals surface area (Å²) < 4.78 is 26.7. The second-order valence-corrected chi connectivity index (χ2v) is 16.1. The number of aryl methyl sites for hydroxylation is 2. The lowest BCUT2D eigenvalue weighted by Gasteiger charge is -2.46. The second kappa shape index (κ2) is 12.5. The minimum Gasteiger partial charge on any atom is -0.339 e. The van der Waals surface area contributed by atoms with E-state index in [4.69, 9.17) is 33.3 Å². The number of para-hydroxylation sites is 2. The summed E-state index contributed by atoms with van der Waals surface area (Å²) in [5.74, 6) is 0.793. The fourth-order valence-electron chi connectivity index (χ4n) is 8.67. The number of rotatable bonds is 7. The van der Waals surface area contributed by atoms with Gasteiger partial charge in [-0.2, -0.15) is 0 Å². The quantitative estimate of drug-likeness (QED) is 0.224. The number of carbonyl (C=O) groups excluding carboxylic acids is 1. The first-order valence-corrected chi connectivity index (χ1v) is 18.8. The van der Waals surface area contributed by atoms with Gasteiger partial charge in [-0.25, -0.2) is 18.5 Å². The highest BCUT2D eigenvalue weighted by atomic mass is 35.5. The van der Waals surface area contributed by atoms with Gasteiger partial charge in [-0.1, -0.05) is 65.2 Å². The number of primary sulfonamides is 1. The molecule has 0 aliphatic carbocycles. The monoisotopic (exact) mass is 693 g/mol. The fourth-order valence-corrected chi connectivity index (χ4v) is 10.1. The molecular weight excluding hydrogens is 653 g/mol. The lowest BCUT2D eigenvalue weighted by atomic mass is 9.70. The summed E-state index contributed by atoms with van der Waals surface area (Å²) in [5, 5.41) is 5.37. The number of carbonyl (C=O) groups is 1. The van der Waals surface area contributed by atoms with Gasteiger partial charge in [0.15, 0.2) is 0 Å². The highest BCUT2D eigenvalue weighted by Gasteiger charge is 2.44. The highest BCUT2D eigenvalue weighted by Crippen LogP contribution is 2.45. The Balaban J connectivity index is 1.09. The first kappa shape index (κ1) is 32.6. The second-order valence-electron chi connectivity index (χ2n) is 13.8. The third kappa shape index (κ3) is 6.10. The van der Waals surface area contributed by atoms with Gasteiger partial charge in [0.05, 0.1) is 26.6 Å². The van der Waals surface area contributed by atoms with Crippen LogP contribution in [0.3, 0.4) is 0 Å². The molecule has 1 unspecified atom stereocenters. The van der Waals surface area contributed by atoms with Gasteiger partial charge in [0.1, 0.15) is 10.7 Å². The largest absolute Gasteiger partial charge is 0.339 e. The Labute approximate surface area is 286 Å². The zero-order chi connectivity index (χ0) is 33.1. The number of piperidine rings is 2. The first-order chi connectivity index (χ1) is 22.4. The van der Waals surface area contributed by atoms with E-state index in [1.165, 1.54) is 41.6 Å². The van der Waals surface area contributed by atoms with Crippen LogP contribution in [0.25, 0.3) is 11.0 Å². The molecule has 1 amide bonds. The molecule has 8 nitrogen and oxygen atoms in total. The topological polar surface area (TPSA) is 102 Å². The van der Waals surface area contributed by atoms with Crippen LogP contribution in [0.5, 0.6) is 0 Å². The molecule has 3 saturated heterocycles. The highest BCUT2D eigenvalue weighted by molar-refractivity contribution is 7.89. The summed E-state index contributed by atoms with van der Waals surface area (Å²) in [6, 6.07) is 21.4. The molecule has 4 aromatic rings. The number of nitrogens with zero attached hydrogens (tertiary/aromatic N) is 4. The number of halogens is 2. The number of nitrogens with two attached hydrogens (primary N) is 1. The smallest absolute Gasteiger partial charge is 0.255 e. The molecule has 0 saturated carbocycles. The maximum atomic E-state index is 13.7.